The van der Waals surface area contributed by atoms with Crippen LogP contribution in [0.25, 0.3) is 0 Å². The molecule has 0 atom stereocenters. The van der Waals surface area contributed by atoms with Crippen molar-refractivity contribution in [3.63, 3.8) is 0 Å². The monoisotopic (exact) mass is 127 g/mol. The van der Waals surface area contributed by atoms with E-state index in [1.807, 2.05) is 0 Å². The molecule has 8 heavy (non-hydrogen) atoms. The van der Waals surface area contributed by atoms with Gasteiger partial charge in [0.2, 0.25) is 0 Å². The number of carboxylic acids is 1. The Hall–Kier alpha value is 0.470. The molecule has 0 aromatic rings. The molecule has 0 aliphatic rings. The van der Waals surface area contributed by atoms with Gasteiger partial charge >= 0.3 is 5.97 Å². The summed E-state index contributed by atoms with van der Waals surface area (Å²) in [6.45, 7) is 4.99. The van der Waals surface area contributed by atoms with Crippen molar-refractivity contribution in [3.05, 3.63) is 0 Å². The zero-order valence-electron chi connectivity index (χ0n) is 5.86. The number of aliphatic carboxylic acids is 1. The number of hydrogen-bond acceptors (Lipinski definition) is 1. The van der Waals surface area contributed by atoms with Crippen LogP contribution in [-0.4, -0.2) is 40.6 Å². The van der Waals surface area contributed by atoms with Crippen molar-refractivity contribution in [1.82, 2.24) is 0 Å². The fourth-order valence-corrected chi connectivity index (χ4v) is 0. The summed E-state index contributed by atoms with van der Waals surface area (Å²) >= 11 is 0. The fraction of sp³-hybridized carbons (Fsp3) is 0.800. The number of carbonyl (C=O) groups is 1. The van der Waals surface area contributed by atoms with Gasteiger partial charge in [0.15, 0.2) is 0 Å². The summed E-state index contributed by atoms with van der Waals surface area (Å²) in [5.74, 6) is -0.757. The molecule has 0 bridgehead atoms. The summed E-state index contributed by atoms with van der Waals surface area (Å²) in [6.07, 6.45) is 0. The maximum Gasteiger partial charge on any atom is 0.308 e. The first-order chi connectivity index (χ1) is 2.94. The van der Waals surface area contributed by atoms with Crippen molar-refractivity contribution in [2.75, 3.05) is 0 Å². The third-order valence-corrected chi connectivity index (χ3v) is 0.642. The molecule has 3 heteroatoms. The van der Waals surface area contributed by atoms with Crippen LogP contribution in [0.15, 0.2) is 0 Å². The first-order valence-electron chi connectivity index (χ1n) is 2.18. The van der Waals surface area contributed by atoms with Crippen LogP contribution in [0.2, 0.25) is 0 Å². The molecule has 0 spiro atoms. The molecule has 45 valence electrons. The first-order valence-corrected chi connectivity index (χ1v) is 2.18. The van der Waals surface area contributed by atoms with E-state index in [4.69, 9.17) is 5.11 Å². The molecule has 0 amide bonds. The smallest absolute Gasteiger partial charge is 0.308 e. The van der Waals surface area contributed by atoms with Crippen LogP contribution in [-0.2, 0) is 4.79 Å². The zero-order chi connectivity index (χ0) is 6.08. The maximum absolute atomic E-state index is 10.0. The van der Waals surface area contributed by atoms with Crippen molar-refractivity contribution >= 4 is 35.5 Å². The van der Waals surface area contributed by atoms with Gasteiger partial charge in [-0.3, -0.25) is 4.79 Å². The Labute approximate surface area is 73.1 Å². The Morgan fingerprint density at radius 3 is 1.62 bits per heavy atom. The molecule has 0 aliphatic carbocycles. The van der Waals surface area contributed by atoms with Crippen LogP contribution in [0.1, 0.15) is 22.2 Å². The molecular formula is C5H12NaO2. The summed E-state index contributed by atoms with van der Waals surface area (Å²) in [5.41, 5.74) is -0.583. The van der Waals surface area contributed by atoms with Crippen LogP contribution < -0.4 is 0 Å². The van der Waals surface area contributed by atoms with Crippen molar-refractivity contribution in [2.24, 2.45) is 5.41 Å². The number of carboxylic acid groups (broad SMARTS) is 1. The molecule has 2 nitrogen and oxygen atoms in total. The van der Waals surface area contributed by atoms with Gasteiger partial charge in [-0.2, -0.15) is 0 Å². The maximum atomic E-state index is 10.0. The minimum Gasteiger partial charge on any atom is -0.481 e. The third-order valence-electron chi connectivity index (χ3n) is 0.642. The fourth-order valence-electron chi connectivity index (χ4n) is 0. The second kappa shape index (κ2) is 3.49. The van der Waals surface area contributed by atoms with Gasteiger partial charge in [-0.25, -0.2) is 0 Å². The quantitative estimate of drug-likeness (QED) is 0.492. The summed E-state index contributed by atoms with van der Waals surface area (Å²) in [5, 5.41) is 8.25. The Morgan fingerprint density at radius 2 is 1.62 bits per heavy atom. The van der Waals surface area contributed by atoms with Gasteiger partial charge in [-0.1, -0.05) is 0 Å². The average Bonchev–Trinajstić information content (AvgIpc) is 1.31. The minimum atomic E-state index is -0.757. The van der Waals surface area contributed by atoms with Crippen LogP contribution in [0.3, 0.4) is 0 Å². The molecule has 0 aromatic heterocycles. The normalized spacial score (nSPS) is 9.88. The van der Waals surface area contributed by atoms with Crippen LogP contribution in [0, 0.1) is 5.41 Å². The van der Waals surface area contributed by atoms with Gasteiger partial charge in [0.05, 0.1) is 5.41 Å². The van der Waals surface area contributed by atoms with Crippen LogP contribution in [0.4, 0.5) is 0 Å². The summed E-state index contributed by atoms with van der Waals surface area (Å²) in [4.78, 5) is 10.0. The molecule has 1 radical (unpaired) electrons. The van der Waals surface area contributed by atoms with Crippen LogP contribution in [0.5, 0.6) is 0 Å². The first kappa shape index (κ1) is 11.3. The molecule has 0 saturated carbocycles. The van der Waals surface area contributed by atoms with E-state index in [1.54, 1.807) is 20.8 Å². The van der Waals surface area contributed by atoms with E-state index >= 15 is 0 Å². The molecule has 0 aliphatic heterocycles. The predicted octanol–water partition coefficient (Wildman–Crippen LogP) is 0.982. The molecule has 0 aromatic carbocycles. The Kier molecular flexibility index (Phi) is 4.92. The molecule has 0 fully saturated rings. The molecule has 0 rings (SSSR count). The van der Waals surface area contributed by atoms with Gasteiger partial charge in [-0.15, -0.1) is 0 Å². The summed E-state index contributed by atoms with van der Waals surface area (Å²) in [6, 6.07) is 0. The van der Waals surface area contributed by atoms with E-state index in [2.05, 4.69) is 0 Å². The SMILES string of the molecule is CC(C)(C)C(=O)O.[HH].[Na]. The molecular weight excluding hydrogens is 115 g/mol. The summed E-state index contributed by atoms with van der Waals surface area (Å²) in [7, 11) is 0. The van der Waals surface area contributed by atoms with E-state index in [1.165, 1.54) is 0 Å². The number of hydrogen-bond donors (Lipinski definition) is 1. The predicted molar refractivity (Wildman–Crippen MR) is 35.0 cm³/mol. The largest absolute Gasteiger partial charge is 0.481 e. The topological polar surface area (TPSA) is 37.3 Å². The molecule has 0 saturated heterocycles. The standard InChI is InChI=1S/C5H10O2.Na.H2/c1-5(2,3)4(6)7;;/h1-3H3,(H,6,7);;1H. The van der Waals surface area contributed by atoms with Crippen molar-refractivity contribution in [3.8, 4) is 0 Å². The summed E-state index contributed by atoms with van der Waals surface area (Å²) < 4.78 is 0. The van der Waals surface area contributed by atoms with Gasteiger partial charge in [0, 0.05) is 31.0 Å². The average molecular weight is 127 g/mol. The van der Waals surface area contributed by atoms with E-state index in [0.717, 1.165) is 0 Å². The zero-order valence-corrected chi connectivity index (χ0v) is 7.86. The van der Waals surface area contributed by atoms with Gasteiger partial charge in [0.1, 0.15) is 0 Å². The Morgan fingerprint density at radius 1 is 1.50 bits per heavy atom. The van der Waals surface area contributed by atoms with E-state index in [-0.39, 0.29) is 31.0 Å². The van der Waals surface area contributed by atoms with E-state index in [9.17, 15) is 4.79 Å². The molecule has 1 N–H and O–H groups in total. The van der Waals surface area contributed by atoms with Gasteiger partial charge < -0.3 is 5.11 Å². The minimum absolute atomic E-state index is 0. The van der Waals surface area contributed by atoms with E-state index in [0.29, 0.717) is 0 Å². The van der Waals surface area contributed by atoms with Crippen molar-refractivity contribution in [2.45, 2.75) is 20.8 Å². The van der Waals surface area contributed by atoms with Crippen LogP contribution >= 0.6 is 0 Å². The Balaban J connectivity index is -0.000000180. The van der Waals surface area contributed by atoms with Crippen molar-refractivity contribution < 1.29 is 11.3 Å². The molecule has 0 heterocycles. The second-order valence-corrected chi connectivity index (χ2v) is 2.56. The second-order valence-electron chi connectivity index (χ2n) is 2.56. The Bertz CT molecular complexity index is 87.4. The van der Waals surface area contributed by atoms with Gasteiger partial charge in [0.25, 0.3) is 0 Å². The third kappa shape index (κ3) is 4.62. The van der Waals surface area contributed by atoms with Crippen molar-refractivity contribution in [1.29, 1.82) is 0 Å². The number of rotatable bonds is 0. The van der Waals surface area contributed by atoms with E-state index < -0.39 is 11.4 Å². The van der Waals surface area contributed by atoms with Gasteiger partial charge in [-0.05, 0) is 20.8 Å². The molecule has 0 unspecified atom stereocenters.